The van der Waals surface area contributed by atoms with Gasteiger partial charge in [-0.1, -0.05) is 11.2 Å². The summed E-state index contributed by atoms with van der Waals surface area (Å²) in [5, 5.41) is 9.76. The number of amides is 3. The maximum absolute atomic E-state index is 16.4. The highest BCUT2D eigenvalue weighted by Gasteiger charge is 2.64. The first-order valence-electron chi connectivity index (χ1n) is 15.6. The van der Waals surface area contributed by atoms with Crippen molar-refractivity contribution in [1.82, 2.24) is 35.4 Å². The van der Waals surface area contributed by atoms with Gasteiger partial charge in [-0.3, -0.25) is 14.4 Å². The molecule has 1 saturated carbocycles. The minimum atomic E-state index is -4.58. The van der Waals surface area contributed by atoms with Crippen LogP contribution in [0.4, 0.5) is 39.5 Å². The van der Waals surface area contributed by atoms with E-state index in [0.717, 1.165) is 6.07 Å². The number of aromatic amines is 1. The second-order valence-corrected chi connectivity index (χ2v) is 13.2. The van der Waals surface area contributed by atoms with Gasteiger partial charge in [-0.05, 0) is 42.5 Å². The first-order valence-corrected chi connectivity index (χ1v) is 15.6. The summed E-state index contributed by atoms with van der Waals surface area (Å²) >= 11 is 0. The zero-order chi connectivity index (χ0) is 36.6. The minimum Gasteiger partial charge on any atom is -0.340 e. The Balaban J connectivity index is 1.36. The monoisotopic (exact) mass is 723 g/mol. The van der Waals surface area contributed by atoms with Gasteiger partial charge in [0.2, 0.25) is 11.8 Å². The zero-order valence-electron chi connectivity index (χ0n) is 26.4. The molecule has 3 fully saturated rings. The van der Waals surface area contributed by atoms with Crippen LogP contribution in [0.1, 0.15) is 72.1 Å². The lowest BCUT2D eigenvalue weighted by Gasteiger charge is -2.33. The normalized spacial score (nSPS) is 24.1. The van der Waals surface area contributed by atoms with Crippen LogP contribution in [-0.4, -0.2) is 97.7 Å². The fourth-order valence-corrected chi connectivity index (χ4v) is 6.93. The minimum absolute atomic E-state index is 0.0358. The second kappa shape index (κ2) is 12.1. The molecule has 3 aliphatic rings. The smallest absolute Gasteiger partial charge is 0.329 e. The van der Waals surface area contributed by atoms with Gasteiger partial charge < -0.3 is 20.1 Å². The Bertz CT molecular complexity index is 1800. The molecule has 2 aromatic heterocycles. The van der Waals surface area contributed by atoms with Crippen molar-refractivity contribution in [3.05, 3.63) is 40.7 Å². The molecule has 2 unspecified atom stereocenters. The standard InChI is InChI=1S/C30H30F9N7O4/c1-13-20(44-50-43-13)24(47)42-21(14-5-7-28(34,35)8-6-14)23-40-18-4-3-15(19(31)22(18)41-23)16-9-45(26(49)27(2,32)33)10-17(16)25(48)46-11-29(36,37)30(38,39)12-46/h3-4,14,16-17,21H,5-12H2,1-2H3,(H,40,41)(H,42,47)/t16?,17?,21-/m0/s1. The van der Waals surface area contributed by atoms with Crippen molar-refractivity contribution in [2.24, 2.45) is 11.8 Å². The molecule has 0 radical (unpaired) electrons. The maximum atomic E-state index is 16.4. The Morgan fingerprint density at radius 2 is 1.64 bits per heavy atom. The van der Waals surface area contributed by atoms with Crippen LogP contribution in [0.2, 0.25) is 0 Å². The van der Waals surface area contributed by atoms with Crippen LogP contribution in [0, 0.1) is 24.6 Å². The molecule has 0 bridgehead atoms. The van der Waals surface area contributed by atoms with Crippen LogP contribution in [0.25, 0.3) is 11.0 Å². The van der Waals surface area contributed by atoms with Gasteiger partial charge in [0.25, 0.3) is 11.8 Å². The van der Waals surface area contributed by atoms with Crippen molar-refractivity contribution in [2.75, 3.05) is 26.2 Å². The Morgan fingerprint density at radius 1 is 1.00 bits per heavy atom. The molecular weight excluding hydrogens is 693 g/mol. The number of rotatable bonds is 7. The summed E-state index contributed by atoms with van der Waals surface area (Å²) in [7, 11) is 0. The zero-order valence-corrected chi connectivity index (χ0v) is 26.4. The Hall–Kier alpha value is -4.39. The van der Waals surface area contributed by atoms with Gasteiger partial charge in [0, 0.05) is 38.8 Å². The van der Waals surface area contributed by atoms with E-state index < -0.39 is 110 Å². The van der Waals surface area contributed by atoms with E-state index in [4.69, 9.17) is 0 Å². The highest BCUT2D eigenvalue weighted by Crippen LogP contribution is 2.45. The molecule has 4 heterocycles. The Morgan fingerprint density at radius 3 is 2.22 bits per heavy atom. The van der Waals surface area contributed by atoms with E-state index >= 15 is 4.39 Å². The number of halogens is 9. The summed E-state index contributed by atoms with van der Waals surface area (Å²) in [5.41, 5.74) is -0.750. The highest BCUT2D eigenvalue weighted by molar-refractivity contribution is 5.93. The number of imidazole rings is 1. The molecule has 1 aromatic carbocycles. The number of H-pyrrole nitrogens is 1. The number of likely N-dealkylation sites (tertiary alicyclic amines) is 2. The quantitative estimate of drug-likeness (QED) is 0.328. The lowest BCUT2D eigenvalue weighted by molar-refractivity contribution is -0.172. The van der Waals surface area contributed by atoms with E-state index in [0.29, 0.717) is 11.8 Å². The molecule has 11 nitrogen and oxygen atoms in total. The number of hydrogen-bond acceptors (Lipinski definition) is 7. The van der Waals surface area contributed by atoms with Gasteiger partial charge in [0.05, 0.1) is 30.6 Å². The average Bonchev–Trinajstić information content (AvgIpc) is 3.80. The fraction of sp³-hybridized carbons (Fsp3) is 0.600. The number of alkyl halides is 8. The van der Waals surface area contributed by atoms with E-state index in [1.54, 1.807) is 0 Å². The molecule has 20 heteroatoms. The molecule has 2 saturated heterocycles. The van der Waals surface area contributed by atoms with Gasteiger partial charge in [0.15, 0.2) is 11.5 Å². The van der Waals surface area contributed by atoms with Crippen LogP contribution >= 0.6 is 0 Å². The molecule has 1 aliphatic carbocycles. The molecule has 3 atom stereocenters. The fourth-order valence-electron chi connectivity index (χ4n) is 6.93. The number of aromatic nitrogens is 4. The van der Waals surface area contributed by atoms with Gasteiger partial charge in [-0.25, -0.2) is 22.8 Å². The number of nitrogens with one attached hydrogen (secondary N) is 2. The number of carbonyl (C=O) groups is 3. The van der Waals surface area contributed by atoms with Gasteiger partial charge >= 0.3 is 17.8 Å². The lowest BCUT2D eigenvalue weighted by atomic mass is 9.81. The van der Waals surface area contributed by atoms with Crippen molar-refractivity contribution < 1.29 is 58.5 Å². The predicted octanol–water partition coefficient (Wildman–Crippen LogP) is 5.00. The molecule has 6 rings (SSSR count). The first kappa shape index (κ1) is 35.4. The van der Waals surface area contributed by atoms with Gasteiger partial charge in [0.1, 0.15) is 17.0 Å². The molecule has 2 N–H and O–H groups in total. The topological polar surface area (TPSA) is 137 Å². The summed E-state index contributed by atoms with van der Waals surface area (Å²) in [6.45, 7) is -3.08. The SMILES string of the molecule is Cc1nonc1C(=O)N[C@H](c1nc2c(F)c(C3CN(C(=O)C(C)(F)F)CC3C(=O)N3CC(F)(F)C(F)(F)C3)ccc2[nH]1)C1CCC(F)(F)CC1. The van der Waals surface area contributed by atoms with Crippen LogP contribution in [-0.2, 0) is 9.59 Å². The first-order chi connectivity index (χ1) is 23.2. The predicted molar refractivity (Wildman–Crippen MR) is 152 cm³/mol. The molecule has 0 spiro atoms. The van der Waals surface area contributed by atoms with Crippen molar-refractivity contribution in [3.8, 4) is 0 Å². The summed E-state index contributed by atoms with van der Waals surface area (Å²) in [5.74, 6) is -24.7. The van der Waals surface area contributed by atoms with Crippen LogP contribution in [0.15, 0.2) is 16.8 Å². The summed E-state index contributed by atoms with van der Waals surface area (Å²) in [6, 6.07) is 1.36. The molecule has 272 valence electrons. The Labute approximate surface area is 276 Å². The summed E-state index contributed by atoms with van der Waals surface area (Å²) in [4.78, 5) is 46.9. The second-order valence-electron chi connectivity index (χ2n) is 13.2. The van der Waals surface area contributed by atoms with Crippen LogP contribution in [0.3, 0.4) is 0 Å². The molecule has 50 heavy (non-hydrogen) atoms. The van der Waals surface area contributed by atoms with Crippen molar-refractivity contribution >= 4 is 28.8 Å². The largest absolute Gasteiger partial charge is 0.340 e. The van der Waals surface area contributed by atoms with E-state index in [9.17, 15) is 49.5 Å². The van der Waals surface area contributed by atoms with Crippen LogP contribution in [0.5, 0.6) is 0 Å². The number of carbonyl (C=O) groups excluding carboxylic acids is 3. The lowest BCUT2D eigenvalue weighted by Crippen LogP contribution is -2.42. The van der Waals surface area contributed by atoms with Crippen molar-refractivity contribution in [1.29, 1.82) is 0 Å². The van der Waals surface area contributed by atoms with Gasteiger partial charge in [-0.15, -0.1) is 0 Å². The summed E-state index contributed by atoms with van der Waals surface area (Å²) < 4.78 is 133. The number of hydrogen-bond donors (Lipinski definition) is 2. The number of fused-ring (bicyclic) bond motifs is 1. The van der Waals surface area contributed by atoms with E-state index in [1.165, 1.54) is 13.0 Å². The maximum Gasteiger partial charge on any atom is 0.329 e. The number of nitrogens with zero attached hydrogens (tertiary/aromatic N) is 5. The van der Waals surface area contributed by atoms with E-state index in [-0.39, 0.29) is 51.6 Å². The van der Waals surface area contributed by atoms with E-state index in [2.05, 4.69) is 30.2 Å². The van der Waals surface area contributed by atoms with Gasteiger partial charge in [-0.2, -0.15) is 26.3 Å². The molecule has 3 amide bonds. The number of benzene rings is 1. The third-order valence-electron chi connectivity index (χ3n) is 9.65. The highest BCUT2D eigenvalue weighted by atomic mass is 19.3. The third kappa shape index (κ3) is 6.36. The third-order valence-corrected chi connectivity index (χ3v) is 9.65. The Kier molecular flexibility index (Phi) is 8.60. The number of aryl methyl sites for hydroxylation is 1. The van der Waals surface area contributed by atoms with E-state index in [1.807, 2.05) is 0 Å². The average molecular weight is 724 g/mol. The van der Waals surface area contributed by atoms with Crippen LogP contribution < -0.4 is 5.32 Å². The molecule has 3 aromatic rings. The summed E-state index contributed by atoms with van der Waals surface area (Å²) in [6.07, 6.45) is -1.09. The molecular formula is C30H30F9N7O4. The van der Waals surface area contributed by atoms with Crippen molar-refractivity contribution in [3.63, 3.8) is 0 Å². The molecule has 2 aliphatic heterocycles. The van der Waals surface area contributed by atoms with Crippen molar-refractivity contribution in [2.45, 2.75) is 75.2 Å².